The maximum Gasteiger partial charge on any atom is 0.228 e. The van der Waals surface area contributed by atoms with Gasteiger partial charge in [0.05, 0.1) is 29.1 Å². The lowest BCUT2D eigenvalue weighted by Crippen LogP contribution is -2.43. The molecule has 2 fully saturated rings. The third-order valence-electron chi connectivity index (χ3n) is 6.73. The predicted molar refractivity (Wildman–Crippen MR) is 128 cm³/mol. The van der Waals surface area contributed by atoms with Crippen molar-refractivity contribution in [3.8, 4) is 0 Å². The first-order valence-electron chi connectivity index (χ1n) is 11.6. The van der Waals surface area contributed by atoms with Gasteiger partial charge in [-0.15, -0.1) is 0 Å². The van der Waals surface area contributed by atoms with E-state index in [1.165, 1.54) is 31.4 Å². The zero-order chi connectivity index (χ0) is 21.5. The number of rotatable bonds is 4. The van der Waals surface area contributed by atoms with Crippen LogP contribution in [0.2, 0.25) is 0 Å². The van der Waals surface area contributed by atoms with E-state index in [0.29, 0.717) is 12.0 Å². The Balaban J connectivity index is 1.34. The number of nitrogens with one attached hydrogen (secondary N) is 2. The number of fused-ring (bicyclic) bond motifs is 3. The van der Waals surface area contributed by atoms with E-state index in [9.17, 15) is 0 Å². The molecule has 4 aromatic rings. The van der Waals surface area contributed by atoms with Crippen LogP contribution in [0, 0.1) is 6.92 Å². The van der Waals surface area contributed by atoms with Gasteiger partial charge in [0, 0.05) is 43.1 Å². The molecule has 0 radical (unpaired) electrons. The minimum Gasteiger partial charge on any atom is -0.368 e. The number of aryl methyl sites for hydroxylation is 1. The van der Waals surface area contributed by atoms with Crippen LogP contribution in [0.3, 0.4) is 0 Å². The van der Waals surface area contributed by atoms with E-state index in [1.807, 2.05) is 18.5 Å². The Kier molecular flexibility index (Phi) is 4.87. The molecule has 0 bridgehead atoms. The van der Waals surface area contributed by atoms with Gasteiger partial charge in [-0.3, -0.25) is 4.68 Å². The smallest absolute Gasteiger partial charge is 0.228 e. The predicted octanol–water partition coefficient (Wildman–Crippen LogP) is 3.95. The van der Waals surface area contributed by atoms with Gasteiger partial charge in [0.1, 0.15) is 11.3 Å². The SMILES string of the molecule is Cc1nc(Nc2ncc3ccc4cnn(C5CCCC5)c4c3n2)ccc1N1CCNCC1. The fourth-order valence-corrected chi connectivity index (χ4v) is 5.09. The molecule has 8 nitrogen and oxygen atoms in total. The fourth-order valence-electron chi connectivity index (χ4n) is 5.09. The Hall–Kier alpha value is -3.26. The number of hydrogen-bond acceptors (Lipinski definition) is 7. The molecule has 32 heavy (non-hydrogen) atoms. The van der Waals surface area contributed by atoms with Crippen LogP contribution >= 0.6 is 0 Å². The third kappa shape index (κ3) is 3.44. The third-order valence-corrected chi connectivity index (χ3v) is 6.73. The molecule has 0 spiro atoms. The van der Waals surface area contributed by atoms with Crippen molar-refractivity contribution in [2.75, 3.05) is 36.4 Å². The van der Waals surface area contributed by atoms with E-state index >= 15 is 0 Å². The second-order valence-electron chi connectivity index (χ2n) is 8.83. The van der Waals surface area contributed by atoms with Crippen LogP contribution < -0.4 is 15.5 Å². The maximum absolute atomic E-state index is 4.90. The fraction of sp³-hybridized carbons (Fsp3) is 0.417. The quantitative estimate of drug-likeness (QED) is 0.509. The number of pyridine rings is 1. The highest BCUT2D eigenvalue weighted by Gasteiger charge is 2.21. The first-order chi connectivity index (χ1) is 15.8. The van der Waals surface area contributed by atoms with E-state index in [2.05, 4.69) is 50.3 Å². The molecule has 1 aromatic carbocycles. The van der Waals surface area contributed by atoms with Crippen LogP contribution in [-0.4, -0.2) is 50.9 Å². The number of hydrogen-bond donors (Lipinski definition) is 2. The number of anilines is 3. The lowest BCUT2D eigenvalue weighted by molar-refractivity contribution is 0.482. The molecule has 1 saturated carbocycles. The molecule has 1 aliphatic heterocycles. The lowest BCUT2D eigenvalue weighted by atomic mass is 10.1. The average molecular weight is 429 g/mol. The van der Waals surface area contributed by atoms with Crippen LogP contribution in [0.5, 0.6) is 0 Å². The van der Waals surface area contributed by atoms with Crippen molar-refractivity contribution in [3.63, 3.8) is 0 Å². The van der Waals surface area contributed by atoms with E-state index in [-0.39, 0.29) is 0 Å². The van der Waals surface area contributed by atoms with Gasteiger partial charge in [0.2, 0.25) is 5.95 Å². The zero-order valence-corrected chi connectivity index (χ0v) is 18.4. The largest absolute Gasteiger partial charge is 0.368 e. The van der Waals surface area contributed by atoms with Crippen LogP contribution in [0.25, 0.3) is 21.8 Å². The molecule has 6 rings (SSSR count). The van der Waals surface area contributed by atoms with Gasteiger partial charge in [0.25, 0.3) is 0 Å². The van der Waals surface area contributed by atoms with Crippen LogP contribution in [0.4, 0.5) is 17.5 Å². The minimum absolute atomic E-state index is 0.464. The summed E-state index contributed by atoms with van der Waals surface area (Å²) in [6, 6.07) is 8.82. The first kappa shape index (κ1) is 19.4. The van der Waals surface area contributed by atoms with Crippen molar-refractivity contribution in [1.82, 2.24) is 30.0 Å². The van der Waals surface area contributed by atoms with Gasteiger partial charge >= 0.3 is 0 Å². The van der Waals surface area contributed by atoms with Gasteiger partial charge in [-0.2, -0.15) is 5.10 Å². The van der Waals surface area contributed by atoms with Crippen molar-refractivity contribution < 1.29 is 0 Å². The second-order valence-corrected chi connectivity index (χ2v) is 8.83. The molecule has 8 heteroatoms. The van der Waals surface area contributed by atoms with Gasteiger partial charge in [-0.25, -0.2) is 15.0 Å². The van der Waals surface area contributed by atoms with E-state index in [0.717, 1.165) is 59.5 Å². The Morgan fingerprint density at radius 2 is 1.78 bits per heavy atom. The summed E-state index contributed by atoms with van der Waals surface area (Å²) in [6.45, 7) is 6.10. The highest BCUT2D eigenvalue weighted by Crippen LogP contribution is 2.34. The second kappa shape index (κ2) is 8.02. The Morgan fingerprint density at radius 1 is 0.969 bits per heavy atom. The molecule has 2 N–H and O–H groups in total. The summed E-state index contributed by atoms with van der Waals surface area (Å²) in [5.74, 6) is 1.32. The van der Waals surface area contributed by atoms with Crippen LogP contribution in [-0.2, 0) is 0 Å². The van der Waals surface area contributed by atoms with E-state index < -0.39 is 0 Å². The number of nitrogens with zero attached hydrogens (tertiary/aromatic N) is 6. The molecule has 2 aliphatic rings. The Morgan fingerprint density at radius 3 is 2.59 bits per heavy atom. The Labute approximate surface area is 187 Å². The molecular formula is C24H28N8. The van der Waals surface area contributed by atoms with Crippen molar-refractivity contribution in [2.24, 2.45) is 0 Å². The average Bonchev–Trinajstić information content (AvgIpc) is 3.50. The summed E-state index contributed by atoms with van der Waals surface area (Å²) in [4.78, 5) is 16.6. The highest BCUT2D eigenvalue weighted by atomic mass is 15.3. The highest BCUT2D eigenvalue weighted by molar-refractivity contribution is 6.03. The monoisotopic (exact) mass is 428 g/mol. The molecule has 0 unspecified atom stereocenters. The molecular weight excluding hydrogens is 400 g/mol. The minimum atomic E-state index is 0.464. The summed E-state index contributed by atoms with van der Waals surface area (Å²) >= 11 is 0. The summed E-state index contributed by atoms with van der Waals surface area (Å²) in [5, 5.41) is 13.6. The summed E-state index contributed by atoms with van der Waals surface area (Å²) in [6.07, 6.45) is 8.76. The molecule has 3 aromatic heterocycles. The molecule has 4 heterocycles. The normalized spacial score (nSPS) is 17.5. The maximum atomic E-state index is 4.90. The van der Waals surface area contributed by atoms with Crippen LogP contribution in [0.1, 0.15) is 37.4 Å². The van der Waals surface area contributed by atoms with Gasteiger partial charge in [0.15, 0.2) is 0 Å². The van der Waals surface area contributed by atoms with Gasteiger partial charge in [-0.05, 0) is 31.9 Å². The van der Waals surface area contributed by atoms with Crippen molar-refractivity contribution in [2.45, 2.75) is 38.6 Å². The molecule has 0 amide bonds. The molecule has 1 aliphatic carbocycles. The molecule has 1 saturated heterocycles. The van der Waals surface area contributed by atoms with E-state index in [1.54, 1.807) is 0 Å². The van der Waals surface area contributed by atoms with Gasteiger partial charge in [-0.1, -0.05) is 25.0 Å². The summed E-state index contributed by atoms with van der Waals surface area (Å²) < 4.78 is 2.19. The topological polar surface area (TPSA) is 83.8 Å². The van der Waals surface area contributed by atoms with Gasteiger partial charge < -0.3 is 15.5 Å². The molecule has 0 atom stereocenters. The summed E-state index contributed by atoms with van der Waals surface area (Å²) in [7, 11) is 0. The first-order valence-corrected chi connectivity index (χ1v) is 11.6. The van der Waals surface area contributed by atoms with Crippen molar-refractivity contribution in [1.29, 1.82) is 0 Å². The zero-order valence-electron chi connectivity index (χ0n) is 18.4. The number of benzene rings is 1. The van der Waals surface area contributed by atoms with Crippen molar-refractivity contribution >= 4 is 39.3 Å². The number of aromatic nitrogens is 5. The number of piperazine rings is 1. The van der Waals surface area contributed by atoms with Crippen molar-refractivity contribution in [3.05, 3.63) is 42.4 Å². The van der Waals surface area contributed by atoms with Crippen LogP contribution in [0.15, 0.2) is 36.7 Å². The lowest BCUT2D eigenvalue weighted by Gasteiger charge is -2.30. The Bertz CT molecular complexity index is 1270. The standard InChI is InChI=1S/C24H28N8/c1-16-20(31-12-10-25-11-13-31)8-9-21(28-16)29-24-26-14-17-6-7-18-15-27-32(19-4-2-3-5-19)23(18)22(17)30-24/h6-9,14-15,19,25H,2-5,10-13H2,1H3,(H,26,28,29,30). The molecule has 164 valence electrons. The summed E-state index contributed by atoms with van der Waals surface area (Å²) in [5.41, 5.74) is 4.26. The van der Waals surface area contributed by atoms with E-state index in [4.69, 9.17) is 15.1 Å².